The quantitative estimate of drug-likeness (QED) is 0.852. The van der Waals surface area contributed by atoms with E-state index < -0.39 is 0 Å². The molecular formula is C16H22N2O3. The Bertz CT molecular complexity index is 542. The average molecular weight is 290 g/mol. The molecule has 1 heterocycles. The number of rotatable bonds is 2. The minimum atomic E-state index is -0.315. The third kappa shape index (κ3) is 3.01. The summed E-state index contributed by atoms with van der Waals surface area (Å²) in [7, 11) is 1.40. The second kappa shape index (κ2) is 6.16. The molecule has 0 bridgehead atoms. The Kier molecular flexibility index (Phi) is 4.50. The van der Waals surface area contributed by atoms with Crippen molar-refractivity contribution in [3.05, 3.63) is 29.8 Å². The van der Waals surface area contributed by atoms with Crippen LogP contribution in [0.3, 0.4) is 0 Å². The molecule has 0 aromatic heterocycles. The molecule has 1 aliphatic rings. The molecule has 5 nitrogen and oxygen atoms in total. The number of carbonyl (C=O) groups is 2. The molecule has 5 heteroatoms. The highest BCUT2D eigenvalue weighted by atomic mass is 16.5. The molecule has 21 heavy (non-hydrogen) atoms. The third-order valence-corrected chi connectivity index (χ3v) is 3.71. The molecule has 0 saturated heterocycles. The largest absolute Gasteiger partial charge is 0.469 e. The van der Waals surface area contributed by atoms with E-state index >= 15 is 0 Å². The average Bonchev–Trinajstić information content (AvgIpc) is 2.44. The van der Waals surface area contributed by atoms with Crippen LogP contribution in [0.1, 0.15) is 38.7 Å². The summed E-state index contributed by atoms with van der Waals surface area (Å²) in [6, 6.07) is 7.38. The summed E-state index contributed by atoms with van der Waals surface area (Å²) in [5.74, 6) is -0.567. The van der Waals surface area contributed by atoms with Crippen LogP contribution in [0.15, 0.2) is 24.3 Å². The van der Waals surface area contributed by atoms with E-state index in [0.29, 0.717) is 6.42 Å². The highest BCUT2D eigenvalue weighted by molar-refractivity contribution is 5.96. The van der Waals surface area contributed by atoms with Gasteiger partial charge >= 0.3 is 12.0 Å². The maximum absolute atomic E-state index is 12.4. The lowest BCUT2D eigenvalue weighted by Crippen LogP contribution is -2.50. The van der Waals surface area contributed by atoms with E-state index in [1.54, 1.807) is 4.90 Å². The normalized spacial score (nSPS) is 20.9. The van der Waals surface area contributed by atoms with Gasteiger partial charge in [-0.1, -0.05) is 18.2 Å². The second-order valence-corrected chi connectivity index (χ2v) is 5.69. The number of nitrogens with one attached hydrogen (secondary N) is 1. The van der Waals surface area contributed by atoms with Gasteiger partial charge in [-0.05, 0) is 38.8 Å². The second-order valence-electron chi connectivity index (χ2n) is 5.69. The van der Waals surface area contributed by atoms with Gasteiger partial charge in [-0.2, -0.15) is 0 Å². The summed E-state index contributed by atoms with van der Waals surface area (Å²) in [6.07, 6.45) is 0.565. The van der Waals surface area contributed by atoms with E-state index in [2.05, 4.69) is 5.32 Å². The van der Waals surface area contributed by atoms with Gasteiger partial charge in [0.25, 0.3) is 0 Å². The Morgan fingerprint density at radius 3 is 2.62 bits per heavy atom. The monoisotopic (exact) mass is 290 g/mol. The van der Waals surface area contributed by atoms with E-state index in [0.717, 1.165) is 11.3 Å². The van der Waals surface area contributed by atoms with Crippen molar-refractivity contribution in [3.63, 3.8) is 0 Å². The van der Waals surface area contributed by atoms with Crippen molar-refractivity contribution in [1.29, 1.82) is 0 Å². The fraction of sp³-hybridized carbons (Fsp3) is 0.500. The molecular weight excluding hydrogens is 268 g/mol. The van der Waals surface area contributed by atoms with Gasteiger partial charge in [0, 0.05) is 17.8 Å². The summed E-state index contributed by atoms with van der Waals surface area (Å²) < 4.78 is 4.90. The summed E-state index contributed by atoms with van der Waals surface area (Å²) >= 11 is 0. The molecule has 2 atom stereocenters. The van der Waals surface area contributed by atoms with Gasteiger partial charge in [-0.3, -0.25) is 9.69 Å². The van der Waals surface area contributed by atoms with Crippen LogP contribution in [0.25, 0.3) is 0 Å². The summed E-state index contributed by atoms with van der Waals surface area (Å²) in [5.41, 5.74) is 1.63. The minimum absolute atomic E-state index is 0.0650. The van der Waals surface area contributed by atoms with Crippen molar-refractivity contribution < 1.29 is 14.3 Å². The summed E-state index contributed by atoms with van der Waals surface area (Å²) in [6.45, 7) is 5.80. The Hall–Kier alpha value is -2.04. The number of carbonyl (C=O) groups excluding carboxylic acids is 2. The van der Waals surface area contributed by atoms with Gasteiger partial charge in [-0.15, -0.1) is 0 Å². The topological polar surface area (TPSA) is 58.6 Å². The van der Waals surface area contributed by atoms with Crippen LogP contribution in [0.5, 0.6) is 0 Å². The van der Waals surface area contributed by atoms with Crippen molar-refractivity contribution in [3.8, 4) is 0 Å². The molecule has 0 radical (unpaired) electrons. The van der Waals surface area contributed by atoms with Crippen molar-refractivity contribution in [2.24, 2.45) is 0 Å². The smallest absolute Gasteiger partial charge is 0.322 e. The zero-order valence-corrected chi connectivity index (χ0v) is 12.9. The van der Waals surface area contributed by atoms with E-state index in [4.69, 9.17) is 4.74 Å². The Labute approximate surface area is 125 Å². The number of hydrogen-bond acceptors (Lipinski definition) is 3. The van der Waals surface area contributed by atoms with Crippen LogP contribution in [0.2, 0.25) is 0 Å². The molecule has 0 fully saturated rings. The number of amides is 2. The van der Waals surface area contributed by atoms with Crippen molar-refractivity contribution in [2.45, 2.75) is 45.2 Å². The van der Waals surface area contributed by atoms with E-state index in [-0.39, 0.29) is 30.0 Å². The van der Waals surface area contributed by atoms with Crippen LogP contribution >= 0.6 is 0 Å². The molecule has 0 saturated carbocycles. The lowest BCUT2D eigenvalue weighted by Gasteiger charge is -2.38. The SMILES string of the molecule is COC(=O)C1CC(C)N(C(=O)NC(C)C)c2ccccc21. The van der Waals surface area contributed by atoms with E-state index in [9.17, 15) is 9.59 Å². The number of hydrogen-bond donors (Lipinski definition) is 1. The first-order valence-corrected chi connectivity index (χ1v) is 7.22. The maximum atomic E-state index is 12.4. The molecule has 1 aromatic carbocycles. The molecule has 1 N–H and O–H groups in total. The van der Waals surface area contributed by atoms with Gasteiger partial charge in [0.05, 0.1) is 13.0 Å². The summed E-state index contributed by atoms with van der Waals surface area (Å²) in [5, 5.41) is 2.91. The molecule has 1 aromatic rings. The van der Waals surface area contributed by atoms with Crippen LogP contribution < -0.4 is 10.2 Å². The number of para-hydroxylation sites is 1. The number of anilines is 1. The fourth-order valence-corrected chi connectivity index (χ4v) is 2.80. The standard InChI is InChI=1S/C16H22N2O3/c1-10(2)17-16(20)18-11(3)9-13(15(19)21-4)12-7-5-6-8-14(12)18/h5-8,10-11,13H,9H2,1-4H3,(H,17,20). The van der Waals surface area contributed by atoms with Crippen LogP contribution in [0, 0.1) is 0 Å². The van der Waals surface area contributed by atoms with Crippen LogP contribution in [0.4, 0.5) is 10.5 Å². The number of benzene rings is 1. The highest BCUT2D eigenvalue weighted by Gasteiger charge is 2.37. The van der Waals surface area contributed by atoms with Crippen molar-refractivity contribution in [2.75, 3.05) is 12.0 Å². The molecule has 2 rings (SSSR count). The Morgan fingerprint density at radius 1 is 1.33 bits per heavy atom. The zero-order valence-electron chi connectivity index (χ0n) is 12.9. The predicted molar refractivity (Wildman–Crippen MR) is 81.4 cm³/mol. The lowest BCUT2D eigenvalue weighted by atomic mass is 9.86. The molecule has 2 amide bonds. The minimum Gasteiger partial charge on any atom is -0.469 e. The van der Waals surface area contributed by atoms with Gasteiger partial charge in [0.2, 0.25) is 0 Å². The summed E-state index contributed by atoms with van der Waals surface area (Å²) in [4.78, 5) is 26.1. The third-order valence-electron chi connectivity index (χ3n) is 3.71. The first kappa shape index (κ1) is 15.4. The number of esters is 1. The van der Waals surface area contributed by atoms with Gasteiger partial charge in [0.1, 0.15) is 0 Å². The number of fused-ring (bicyclic) bond motifs is 1. The van der Waals surface area contributed by atoms with Gasteiger partial charge < -0.3 is 10.1 Å². The number of nitrogens with zero attached hydrogens (tertiary/aromatic N) is 1. The van der Waals surface area contributed by atoms with Crippen LogP contribution in [-0.2, 0) is 9.53 Å². The fourth-order valence-electron chi connectivity index (χ4n) is 2.80. The number of urea groups is 1. The molecule has 0 spiro atoms. The Balaban J connectivity index is 2.40. The van der Waals surface area contributed by atoms with Gasteiger partial charge in [-0.25, -0.2) is 4.79 Å². The molecule has 2 unspecified atom stereocenters. The first-order chi connectivity index (χ1) is 9.95. The number of methoxy groups -OCH3 is 1. The molecule has 1 aliphatic heterocycles. The van der Waals surface area contributed by atoms with E-state index in [1.165, 1.54) is 7.11 Å². The highest BCUT2D eigenvalue weighted by Crippen LogP contribution is 2.38. The number of ether oxygens (including phenoxy) is 1. The zero-order chi connectivity index (χ0) is 15.6. The molecule has 114 valence electrons. The van der Waals surface area contributed by atoms with Gasteiger partial charge in [0.15, 0.2) is 0 Å². The van der Waals surface area contributed by atoms with E-state index in [1.807, 2.05) is 45.0 Å². The first-order valence-electron chi connectivity index (χ1n) is 7.22. The van der Waals surface area contributed by atoms with Crippen molar-refractivity contribution >= 4 is 17.7 Å². The maximum Gasteiger partial charge on any atom is 0.322 e. The predicted octanol–water partition coefficient (Wildman–Crippen LogP) is 2.66. The Morgan fingerprint density at radius 2 is 2.00 bits per heavy atom. The van der Waals surface area contributed by atoms with Crippen molar-refractivity contribution in [1.82, 2.24) is 5.32 Å². The lowest BCUT2D eigenvalue weighted by molar-refractivity contribution is -0.142. The molecule has 0 aliphatic carbocycles. The van der Waals surface area contributed by atoms with Crippen LogP contribution in [-0.4, -0.2) is 31.2 Å².